The molecule has 0 heterocycles. The Hall–Kier alpha value is -0.310. The van der Waals surface area contributed by atoms with Crippen molar-refractivity contribution in [1.29, 1.82) is 0 Å². The smallest absolute Gasteiger partial charge is 1.00 e. The van der Waals surface area contributed by atoms with E-state index in [1.165, 1.54) is 11.1 Å². The molecule has 2 N–H and O–H groups in total. The third-order valence-corrected chi connectivity index (χ3v) is 2.01. The van der Waals surface area contributed by atoms with Gasteiger partial charge >= 0.3 is 29.6 Å². The average molecular weight is 201 g/mol. The molecule has 0 radical (unpaired) electrons. The fourth-order valence-electron chi connectivity index (χ4n) is 1.22. The molecule has 0 saturated carbocycles. The molecule has 0 fully saturated rings. The van der Waals surface area contributed by atoms with Crippen LogP contribution < -0.4 is 35.3 Å². The van der Waals surface area contributed by atoms with E-state index in [0.29, 0.717) is 6.42 Å². The molecule has 0 bridgehead atoms. The SMILES string of the molecule is Cc1ccc(CCCC(N)=O)cc1.[H-].[Na+]. The normalized spacial score (nSPS) is 9.21. The van der Waals surface area contributed by atoms with E-state index in [1.54, 1.807) is 0 Å². The largest absolute Gasteiger partial charge is 1.00 e. The van der Waals surface area contributed by atoms with Gasteiger partial charge in [0, 0.05) is 6.42 Å². The summed E-state index contributed by atoms with van der Waals surface area (Å²) in [5, 5.41) is 0. The standard InChI is InChI=1S/C11H15NO.Na.H/c1-9-5-7-10(8-6-9)3-2-4-11(12)13;;/h5-8H,2-4H2,1H3,(H2,12,13);;/q;+1;-1. The molecule has 0 saturated heterocycles. The second kappa shape index (κ2) is 7.04. The van der Waals surface area contributed by atoms with Crippen molar-refractivity contribution < 1.29 is 35.8 Å². The van der Waals surface area contributed by atoms with Gasteiger partial charge in [0.25, 0.3) is 0 Å². The summed E-state index contributed by atoms with van der Waals surface area (Å²) in [6.07, 6.45) is 2.26. The van der Waals surface area contributed by atoms with Crippen molar-refractivity contribution in [3.8, 4) is 0 Å². The summed E-state index contributed by atoms with van der Waals surface area (Å²) in [5.74, 6) is -0.216. The van der Waals surface area contributed by atoms with E-state index in [4.69, 9.17) is 5.73 Å². The predicted octanol–water partition coefficient (Wildman–Crippen LogP) is -1.08. The Morgan fingerprint density at radius 3 is 2.43 bits per heavy atom. The zero-order valence-corrected chi connectivity index (χ0v) is 10.9. The number of amides is 1. The summed E-state index contributed by atoms with van der Waals surface area (Å²) >= 11 is 0. The molecule has 1 amide bonds. The van der Waals surface area contributed by atoms with Gasteiger partial charge in [0.1, 0.15) is 0 Å². The average Bonchev–Trinajstić information content (AvgIpc) is 2.08. The number of primary amides is 1. The summed E-state index contributed by atoms with van der Waals surface area (Å²) < 4.78 is 0. The van der Waals surface area contributed by atoms with E-state index in [0.717, 1.165) is 12.8 Å². The van der Waals surface area contributed by atoms with Crippen molar-refractivity contribution in [3.63, 3.8) is 0 Å². The van der Waals surface area contributed by atoms with Crippen LogP contribution in [0.5, 0.6) is 0 Å². The number of hydrogen-bond acceptors (Lipinski definition) is 1. The van der Waals surface area contributed by atoms with Gasteiger partial charge in [-0.3, -0.25) is 4.79 Å². The number of benzene rings is 1. The van der Waals surface area contributed by atoms with E-state index < -0.39 is 0 Å². The van der Waals surface area contributed by atoms with Gasteiger partial charge in [0.15, 0.2) is 0 Å². The van der Waals surface area contributed by atoms with Crippen molar-refractivity contribution >= 4 is 5.91 Å². The number of carbonyl (C=O) groups is 1. The number of rotatable bonds is 4. The fraction of sp³-hybridized carbons (Fsp3) is 0.364. The molecule has 0 aromatic heterocycles. The number of nitrogens with two attached hydrogens (primary N) is 1. The molecule has 0 atom stereocenters. The topological polar surface area (TPSA) is 43.1 Å². The zero-order chi connectivity index (χ0) is 9.68. The first-order valence-electron chi connectivity index (χ1n) is 4.52. The minimum absolute atomic E-state index is 0. The molecule has 0 aliphatic carbocycles. The van der Waals surface area contributed by atoms with E-state index >= 15 is 0 Å². The summed E-state index contributed by atoms with van der Waals surface area (Å²) in [7, 11) is 0. The molecular weight excluding hydrogens is 185 g/mol. The maximum Gasteiger partial charge on any atom is 1.00 e. The maximum absolute atomic E-state index is 10.5. The minimum atomic E-state index is -0.216. The van der Waals surface area contributed by atoms with Crippen LogP contribution in [0.25, 0.3) is 0 Å². The Balaban J connectivity index is 0. The van der Waals surface area contributed by atoms with Crippen molar-refractivity contribution in [2.75, 3.05) is 0 Å². The molecular formula is C11H16NNaO. The van der Waals surface area contributed by atoms with Gasteiger partial charge in [0.2, 0.25) is 5.91 Å². The number of hydrogen-bond donors (Lipinski definition) is 1. The molecule has 2 nitrogen and oxygen atoms in total. The molecule has 14 heavy (non-hydrogen) atoms. The first-order chi connectivity index (χ1) is 6.18. The van der Waals surface area contributed by atoms with Gasteiger partial charge in [-0.2, -0.15) is 0 Å². The maximum atomic E-state index is 10.5. The van der Waals surface area contributed by atoms with Gasteiger partial charge in [0.05, 0.1) is 0 Å². The summed E-state index contributed by atoms with van der Waals surface area (Å²) in [5.41, 5.74) is 7.57. The van der Waals surface area contributed by atoms with Crippen molar-refractivity contribution in [3.05, 3.63) is 35.4 Å². The van der Waals surface area contributed by atoms with E-state index in [9.17, 15) is 4.79 Å². The van der Waals surface area contributed by atoms with Crippen LogP contribution in [0, 0.1) is 6.92 Å². The van der Waals surface area contributed by atoms with Crippen LogP contribution in [0.3, 0.4) is 0 Å². The Bertz CT molecular complexity index is 287. The zero-order valence-electron chi connectivity index (χ0n) is 9.92. The molecule has 72 valence electrons. The minimum Gasteiger partial charge on any atom is -1.00 e. The van der Waals surface area contributed by atoms with Crippen LogP contribution in [0.4, 0.5) is 0 Å². The van der Waals surface area contributed by atoms with Crippen LogP contribution >= 0.6 is 0 Å². The summed E-state index contributed by atoms with van der Waals surface area (Å²) in [6.45, 7) is 2.06. The van der Waals surface area contributed by atoms with Crippen LogP contribution in [-0.2, 0) is 11.2 Å². The monoisotopic (exact) mass is 201 g/mol. The quantitative estimate of drug-likeness (QED) is 0.619. The molecule has 1 aromatic rings. The van der Waals surface area contributed by atoms with Gasteiger partial charge in [-0.1, -0.05) is 29.8 Å². The molecule has 0 unspecified atom stereocenters. The molecule has 0 spiro atoms. The molecule has 0 aliphatic rings. The second-order valence-electron chi connectivity index (χ2n) is 3.31. The van der Waals surface area contributed by atoms with Crippen LogP contribution in [0.1, 0.15) is 25.4 Å². The van der Waals surface area contributed by atoms with Gasteiger partial charge in [-0.15, -0.1) is 0 Å². The Labute approximate surface area is 109 Å². The van der Waals surface area contributed by atoms with E-state index in [-0.39, 0.29) is 36.9 Å². The van der Waals surface area contributed by atoms with E-state index in [1.807, 2.05) is 0 Å². The molecule has 0 aliphatic heterocycles. The van der Waals surface area contributed by atoms with Crippen molar-refractivity contribution in [2.24, 2.45) is 5.73 Å². The third-order valence-electron chi connectivity index (χ3n) is 2.01. The summed E-state index contributed by atoms with van der Waals surface area (Å²) in [6, 6.07) is 8.35. The fourth-order valence-corrected chi connectivity index (χ4v) is 1.22. The van der Waals surface area contributed by atoms with Crippen molar-refractivity contribution in [1.82, 2.24) is 0 Å². The number of carbonyl (C=O) groups excluding carboxylic acids is 1. The van der Waals surface area contributed by atoms with E-state index in [2.05, 4.69) is 31.2 Å². The van der Waals surface area contributed by atoms with Gasteiger partial charge in [-0.25, -0.2) is 0 Å². The molecule has 3 heteroatoms. The number of aryl methyl sites for hydroxylation is 2. The second-order valence-corrected chi connectivity index (χ2v) is 3.31. The Morgan fingerprint density at radius 2 is 1.93 bits per heavy atom. The Kier molecular flexibility index (Phi) is 6.89. The first kappa shape index (κ1) is 13.7. The molecule has 1 aromatic carbocycles. The first-order valence-corrected chi connectivity index (χ1v) is 4.52. The Morgan fingerprint density at radius 1 is 1.36 bits per heavy atom. The molecule has 1 rings (SSSR count). The van der Waals surface area contributed by atoms with Crippen LogP contribution in [0.2, 0.25) is 0 Å². The van der Waals surface area contributed by atoms with Crippen molar-refractivity contribution in [2.45, 2.75) is 26.2 Å². The van der Waals surface area contributed by atoms with Gasteiger partial charge in [-0.05, 0) is 25.3 Å². The van der Waals surface area contributed by atoms with Crippen LogP contribution in [0.15, 0.2) is 24.3 Å². The third kappa shape index (κ3) is 5.43. The summed E-state index contributed by atoms with van der Waals surface area (Å²) in [4.78, 5) is 10.5. The predicted molar refractivity (Wildman–Crippen MR) is 54.4 cm³/mol. The van der Waals surface area contributed by atoms with Crippen LogP contribution in [-0.4, -0.2) is 5.91 Å². The van der Waals surface area contributed by atoms with Gasteiger partial charge < -0.3 is 7.16 Å².